The molecule has 0 heterocycles. The highest BCUT2D eigenvalue weighted by molar-refractivity contribution is 6.01. The number of ether oxygens (including phenoxy) is 1. The Bertz CT molecular complexity index is 872. The topological polar surface area (TPSA) is 89.5 Å². The number of amides is 1. The Kier molecular flexibility index (Phi) is 7.83. The van der Waals surface area contributed by atoms with Gasteiger partial charge in [-0.25, -0.2) is 0 Å². The average molecular weight is 395 g/mol. The van der Waals surface area contributed by atoms with Gasteiger partial charge in [0.25, 0.3) is 0 Å². The Labute approximate surface area is 170 Å². The molecule has 0 saturated heterocycles. The van der Waals surface area contributed by atoms with Crippen LogP contribution in [0.4, 0.5) is 5.69 Å². The number of anilines is 1. The third-order valence-electron chi connectivity index (χ3n) is 4.29. The first kappa shape index (κ1) is 22.0. The molecule has 1 amide bonds. The second kappa shape index (κ2) is 10.3. The number of rotatable bonds is 9. The zero-order valence-electron chi connectivity index (χ0n) is 16.8. The van der Waals surface area contributed by atoms with Crippen LogP contribution in [0.15, 0.2) is 54.6 Å². The number of Topliss-reactive ketones (excluding diaryl/α,β-unsaturated/α-hetero) is 2. The average Bonchev–Trinajstić information content (AvgIpc) is 2.72. The smallest absolute Gasteiger partial charge is 0.306 e. The maximum absolute atomic E-state index is 12.4. The molecule has 0 aliphatic heterocycles. The summed E-state index contributed by atoms with van der Waals surface area (Å²) in [6.07, 6.45) is -1.04. The maximum atomic E-state index is 12.4. The predicted molar refractivity (Wildman–Crippen MR) is 110 cm³/mol. The molecule has 2 rings (SSSR count). The number of hydrogen-bond acceptors (Lipinski definition) is 5. The van der Waals surface area contributed by atoms with Crippen molar-refractivity contribution in [1.82, 2.24) is 0 Å². The molecular weight excluding hydrogens is 370 g/mol. The second-order valence-electron chi connectivity index (χ2n) is 7.01. The highest BCUT2D eigenvalue weighted by Crippen LogP contribution is 2.14. The molecule has 6 nitrogen and oxygen atoms in total. The van der Waals surface area contributed by atoms with Crippen LogP contribution in [0.3, 0.4) is 0 Å². The Balaban J connectivity index is 1.85. The molecule has 0 aliphatic carbocycles. The molecule has 29 heavy (non-hydrogen) atoms. The minimum atomic E-state index is -0.967. The van der Waals surface area contributed by atoms with Crippen molar-refractivity contribution in [3.05, 3.63) is 65.7 Å². The number of hydrogen-bond donors (Lipinski definition) is 1. The van der Waals surface area contributed by atoms with Gasteiger partial charge in [-0.1, -0.05) is 44.2 Å². The van der Waals surface area contributed by atoms with Gasteiger partial charge in [-0.2, -0.15) is 0 Å². The van der Waals surface area contributed by atoms with E-state index in [4.69, 9.17) is 4.74 Å². The van der Waals surface area contributed by atoms with Gasteiger partial charge in [0.1, 0.15) is 0 Å². The number of ketones is 2. The van der Waals surface area contributed by atoms with Crippen molar-refractivity contribution in [2.45, 2.75) is 39.7 Å². The van der Waals surface area contributed by atoms with Gasteiger partial charge in [0.05, 0.1) is 6.42 Å². The Hall–Kier alpha value is -3.28. The molecule has 0 spiro atoms. The first-order chi connectivity index (χ1) is 13.8. The van der Waals surface area contributed by atoms with E-state index in [1.54, 1.807) is 62.4 Å². The van der Waals surface area contributed by atoms with E-state index in [1.165, 1.54) is 6.92 Å². The highest BCUT2D eigenvalue weighted by atomic mass is 16.5. The standard InChI is InChI=1S/C23H25NO5/c1-15(2)23(28)24-19-11-9-18(10-12-19)22(27)16(3)29-21(26)14-13-20(25)17-7-5-4-6-8-17/h4-12,15-16H,13-14H2,1-3H3,(H,24,28). The van der Waals surface area contributed by atoms with Crippen LogP contribution in [0.25, 0.3) is 0 Å². The molecule has 0 saturated carbocycles. The molecule has 2 aromatic carbocycles. The molecule has 6 heteroatoms. The summed E-state index contributed by atoms with van der Waals surface area (Å²) in [5, 5.41) is 2.74. The van der Waals surface area contributed by atoms with Crippen LogP contribution >= 0.6 is 0 Å². The third kappa shape index (κ3) is 6.68. The van der Waals surface area contributed by atoms with Gasteiger partial charge >= 0.3 is 5.97 Å². The summed E-state index contributed by atoms with van der Waals surface area (Å²) in [5.41, 5.74) is 1.49. The summed E-state index contributed by atoms with van der Waals surface area (Å²) in [6, 6.07) is 15.1. The van der Waals surface area contributed by atoms with Crippen LogP contribution in [0.2, 0.25) is 0 Å². The van der Waals surface area contributed by atoms with E-state index in [9.17, 15) is 19.2 Å². The van der Waals surface area contributed by atoms with Crippen molar-refractivity contribution in [3.63, 3.8) is 0 Å². The van der Waals surface area contributed by atoms with Crippen LogP contribution in [0.1, 0.15) is 54.3 Å². The molecule has 1 unspecified atom stereocenters. The summed E-state index contributed by atoms with van der Waals surface area (Å²) in [6.45, 7) is 5.07. The van der Waals surface area contributed by atoms with Gasteiger partial charge < -0.3 is 10.1 Å². The Morgan fingerprint density at radius 2 is 1.45 bits per heavy atom. The summed E-state index contributed by atoms with van der Waals surface area (Å²) >= 11 is 0. The van der Waals surface area contributed by atoms with E-state index in [0.29, 0.717) is 16.8 Å². The van der Waals surface area contributed by atoms with Crippen LogP contribution in [-0.2, 0) is 14.3 Å². The van der Waals surface area contributed by atoms with Crippen molar-refractivity contribution in [3.8, 4) is 0 Å². The molecule has 1 atom stereocenters. The van der Waals surface area contributed by atoms with Crippen molar-refractivity contribution in [1.29, 1.82) is 0 Å². The summed E-state index contributed by atoms with van der Waals surface area (Å²) in [4.78, 5) is 48.2. The van der Waals surface area contributed by atoms with E-state index >= 15 is 0 Å². The van der Waals surface area contributed by atoms with Gasteiger partial charge in [0, 0.05) is 29.2 Å². The van der Waals surface area contributed by atoms with Crippen molar-refractivity contribution >= 4 is 29.1 Å². The van der Waals surface area contributed by atoms with E-state index in [-0.39, 0.29) is 36.2 Å². The quantitative estimate of drug-likeness (QED) is 0.511. The molecule has 0 aromatic heterocycles. The Morgan fingerprint density at radius 3 is 2.03 bits per heavy atom. The third-order valence-corrected chi connectivity index (χ3v) is 4.29. The first-order valence-corrected chi connectivity index (χ1v) is 9.50. The normalized spacial score (nSPS) is 11.6. The zero-order valence-corrected chi connectivity index (χ0v) is 16.8. The van der Waals surface area contributed by atoms with Gasteiger partial charge in [-0.3, -0.25) is 19.2 Å². The second-order valence-corrected chi connectivity index (χ2v) is 7.01. The lowest BCUT2D eigenvalue weighted by Gasteiger charge is -2.13. The molecule has 152 valence electrons. The number of carbonyl (C=O) groups is 4. The first-order valence-electron chi connectivity index (χ1n) is 9.50. The molecular formula is C23H25NO5. The summed E-state index contributed by atoms with van der Waals surface area (Å²) in [5.74, 6) is -1.37. The molecule has 1 N–H and O–H groups in total. The zero-order chi connectivity index (χ0) is 21.4. The largest absolute Gasteiger partial charge is 0.454 e. The summed E-state index contributed by atoms with van der Waals surface area (Å²) < 4.78 is 5.17. The van der Waals surface area contributed by atoms with Crippen molar-refractivity contribution in [2.24, 2.45) is 5.92 Å². The van der Waals surface area contributed by atoms with E-state index in [0.717, 1.165) is 0 Å². The lowest BCUT2D eigenvalue weighted by Crippen LogP contribution is -2.24. The van der Waals surface area contributed by atoms with Crippen LogP contribution in [0.5, 0.6) is 0 Å². The van der Waals surface area contributed by atoms with Crippen molar-refractivity contribution in [2.75, 3.05) is 5.32 Å². The number of carbonyl (C=O) groups excluding carboxylic acids is 4. The number of benzene rings is 2. The molecule has 0 radical (unpaired) electrons. The van der Waals surface area contributed by atoms with Gasteiger partial charge in [0.15, 0.2) is 11.9 Å². The predicted octanol–water partition coefficient (Wildman–Crippen LogP) is 4.06. The molecule has 0 fully saturated rings. The van der Waals surface area contributed by atoms with Crippen LogP contribution < -0.4 is 5.32 Å². The number of nitrogens with one attached hydrogen (secondary N) is 1. The fraction of sp³-hybridized carbons (Fsp3) is 0.304. The lowest BCUT2D eigenvalue weighted by atomic mass is 10.1. The van der Waals surface area contributed by atoms with E-state index in [1.807, 2.05) is 6.07 Å². The maximum Gasteiger partial charge on any atom is 0.306 e. The van der Waals surface area contributed by atoms with E-state index < -0.39 is 12.1 Å². The van der Waals surface area contributed by atoms with Crippen molar-refractivity contribution < 1.29 is 23.9 Å². The Morgan fingerprint density at radius 1 is 0.828 bits per heavy atom. The molecule has 2 aromatic rings. The lowest BCUT2D eigenvalue weighted by molar-refractivity contribution is -0.146. The van der Waals surface area contributed by atoms with Crippen LogP contribution in [-0.4, -0.2) is 29.5 Å². The van der Waals surface area contributed by atoms with E-state index in [2.05, 4.69) is 5.32 Å². The molecule has 0 aliphatic rings. The monoisotopic (exact) mass is 395 g/mol. The minimum absolute atomic E-state index is 0.0218. The minimum Gasteiger partial charge on any atom is -0.454 e. The van der Waals surface area contributed by atoms with Gasteiger partial charge in [-0.05, 0) is 31.2 Å². The molecule has 0 bridgehead atoms. The fourth-order valence-corrected chi connectivity index (χ4v) is 2.53. The summed E-state index contributed by atoms with van der Waals surface area (Å²) in [7, 11) is 0. The van der Waals surface area contributed by atoms with Gasteiger partial charge in [-0.15, -0.1) is 0 Å². The van der Waals surface area contributed by atoms with Gasteiger partial charge in [0.2, 0.25) is 11.7 Å². The number of esters is 1. The fourth-order valence-electron chi connectivity index (χ4n) is 2.53. The highest BCUT2D eigenvalue weighted by Gasteiger charge is 2.20. The van der Waals surface area contributed by atoms with Crippen LogP contribution in [0, 0.1) is 5.92 Å². The SMILES string of the molecule is CC(C)C(=O)Nc1ccc(C(=O)C(C)OC(=O)CCC(=O)c2ccccc2)cc1.